The Morgan fingerprint density at radius 3 is 2.65 bits per heavy atom. The first kappa shape index (κ1) is 13.2. The van der Waals surface area contributed by atoms with Crippen LogP contribution in [0.3, 0.4) is 0 Å². The van der Waals surface area contributed by atoms with E-state index in [2.05, 4.69) is 25.1 Å². The van der Waals surface area contributed by atoms with Crippen molar-refractivity contribution < 1.29 is 0 Å². The number of pyridine rings is 1. The lowest BCUT2D eigenvalue weighted by Crippen LogP contribution is -2.15. The van der Waals surface area contributed by atoms with Crippen LogP contribution in [0.5, 0.6) is 0 Å². The Hall–Kier alpha value is -1.83. The van der Waals surface area contributed by atoms with E-state index in [0.717, 1.165) is 10.8 Å². The number of aryl methyl sites for hydroxylation is 1. The van der Waals surface area contributed by atoms with Crippen molar-refractivity contribution >= 4 is 10.8 Å². The van der Waals surface area contributed by atoms with Crippen molar-refractivity contribution in [3.8, 4) is 0 Å². The smallest absolute Gasteiger partial charge is 0.258 e. The maximum Gasteiger partial charge on any atom is 0.258 e. The Balaban J connectivity index is 1.94. The Morgan fingerprint density at radius 1 is 1.20 bits per heavy atom. The minimum atomic E-state index is 0.0916. The Kier molecular flexibility index (Phi) is 3.47. The molecule has 0 unspecified atom stereocenters. The molecule has 1 aliphatic carbocycles. The van der Waals surface area contributed by atoms with Crippen molar-refractivity contribution in [2.75, 3.05) is 0 Å². The Bertz CT molecular complexity index is 714. The SMILES string of the molecule is CC=C1CCC(c2ccc3c(=O)n(C)ccc3c2)CC1. The van der Waals surface area contributed by atoms with E-state index >= 15 is 0 Å². The van der Waals surface area contributed by atoms with Crippen molar-refractivity contribution in [2.45, 2.75) is 38.5 Å². The normalized spacial score (nSPS) is 19.3. The van der Waals surface area contributed by atoms with Crippen LogP contribution >= 0.6 is 0 Å². The number of rotatable bonds is 1. The van der Waals surface area contributed by atoms with Gasteiger partial charge in [0.05, 0.1) is 0 Å². The fraction of sp³-hybridized carbons (Fsp3) is 0.389. The molecule has 1 fully saturated rings. The lowest BCUT2D eigenvalue weighted by Gasteiger charge is -2.24. The summed E-state index contributed by atoms with van der Waals surface area (Å²) in [5.74, 6) is 0.646. The summed E-state index contributed by atoms with van der Waals surface area (Å²) in [5, 5.41) is 1.89. The van der Waals surface area contributed by atoms with Gasteiger partial charge >= 0.3 is 0 Å². The Morgan fingerprint density at radius 2 is 1.95 bits per heavy atom. The van der Waals surface area contributed by atoms with Gasteiger partial charge in [0.15, 0.2) is 0 Å². The zero-order valence-corrected chi connectivity index (χ0v) is 12.2. The second kappa shape index (κ2) is 5.28. The topological polar surface area (TPSA) is 22.0 Å². The molecule has 0 spiro atoms. The summed E-state index contributed by atoms with van der Waals surface area (Å²) in [7, 11) is 1.80. The van der Waals surface area contributed by atoms with Gasteiger partial charge in [-0.3, -0.25) is 4.79 Å². The van der Waals surface area contributed by atoms with Crippen LogP contribution in [0.1, 0.15) is 44.1 Å². The molecule has 0 bridgehead atoms. The molecule has 0 amide bonds. The second-order valence-electron chi connectivity index (χ2n) is 5.80. The highest BCUT2D eigenvalue weighted by Gasteiger charge is 2.18. The van der Waals surface area contributed by atoms with Crippen molar-refractivity contribution in [3.05, 3.63) is 58.0 Å². The fourth-order valence-electron chi connectivity index (χ4n) is 3.23. The predicted octanol–water partition coefficient (Wildman–Crippen LogP) is 4.14. The summed E-state index contributed by atoms with van der Waals surface area (Å²) >= 11 is 0. The largest absolute Gasteiger partial charge is 0.318 e. The molecule has 0 saturated heterocycles. The summed E-state index contributed by atoms with van der Waals surface area (Å²) in [6.07, 6.45) is 9.02. The average molecular weight is 267 g/mol. The number of hydrogen-bond donors (Lipinski definition) is 0. The monoisotopic (exact) mass is 267 g/mol. The van der Waals surface area contributed by atoms with Gasteiger partial charge in [0.1, 0.15) is 0 Å². The van der Waals surface area contributed by atoms with E-state index in [9.17, 15) is 4.79 Å². The van der Waals surface area contributed by atoms with Crippen LogP contribution in [0.15, 0.2) is 46.9 Å². The van der Waals surface area contributed by atoms with Gasteiger partial charge in [0.2, 0.25) is 0 Å². The van der Waals surface area contributed by atoms with Gasteiger partial charge in [-0.25, -0.2) is 0 Å². The van der Waals surface area contributed by atoms with Gasteiger partial charge in [-0.05, 0) is 61.6 Å². The van der Waals surface area contributed by atoms with Crippen LogP contribution < -0.4 is 5.56 Å². The number of hydrogen-bond acceptors (Lipinski definition) is 1. The first-order chi connectivity index (χ1) is 9.69. The molecular weight excluding hydrogens is 246 g/mol. The van der Waals surface area contributed by atoms with Gasteiger partial charge in [-0.1, -0.05) is 23.8 Å². The molecule has 3 rings (SSSR count). The molecule has 20 heavy (non-hydrogen) atoms. The van der Waals surface area contributed by atoms with Gasteiger partial charge in [0.25, 0.3) is 5.56 Å². The number of benzene rings is 1. The van der Waals surface area contributed by atoms with E-state index in [1.165, 1.54) is 31.2 Å². The van der Waals surface area contributed by atoms with E-state index < -0.39 is 0 Å². The lowest BCUT2D eigenvalue weighted by atomic mass is 9.81. The van der Waals surface area contributed by atoms with E-state index in [-0.39, 0.29) is 5.56 Å². The number of allylic oxidation sites excluding steroid dienone is 2. The van der Waals surface area contributed by atoms with Gasteiger partial charge < -0.3 is 4.57 Å². The molecule has 2 heteroatoms. The van der Waals surface area contributed by atoms with Crippen LogP contribution in [0.4, 0.5) is 0 Å². The van der Waals surface area contributed by atoms with Crippen LogP contribution in [0.2, 0.25) is 0 Å². The zero-order valence-electron chi connectivity index (χ0n) is 12.2. The maximum absolute atomic E-state index is 12.1. The van der Waals surface area contributed by atoms with Crippen molar-refractivity contribution in [2.24, 2.45) is 7.05 Å². The predicted molar refractivity (Wildman–Crippen MR) is 84.2 cm³/mol. The minimum absolute atomic E-state index is 0.0916. The quantitative estimate of drug-likeness (QED) is 0.712. The van der Waals surface area contributed by atoms with Crippen LogP contribution in [-0.2, 0) is 7.05 Å². The molecule has 1 heterocycles. The third kappa shape index (κ3) is 2.31. The molecule has 1 aromatic carbocycles. The summed E-state index contributed by atoms with van der Waals surface area (Å²) in [4.78, 5) is 12.1. The van der Waals surface area contributed by atoms with E-state index in [1.54, 1.807) is 17.2 Å². The third-order valence-electron chi connectivity index (χ3n) is 4.61. The summed E-state index contributed by atoms with van der Waals surface area (Å²) in [6.45, 7) is 2.14. The molecule has 0 atom stereocenters. The minimum Gasteiger partial charge on any atom is -0.318 e. The highest BCUT2D eigenvalue weighted by atomic mass is 16.1. The van der Waals surface area contributed by atoms with Gasteiger partial charge in [0, 0.05) is 18.6 Å². The van der Waals surface area contributed by atoms with Gasteiger partial charge in [-0.2, -0.15) is 0 Å². The highest BCUT2D eigenvalue weighted by molar-refractivity contribution is 5.82. The van der Waals surface area contributed by atoms with Crippen molar-refractivity contribution in [3.63, 3.8) is 0 Å². The highest BCUT2D eigenvalue weighted by Crippen LogP contribution is 2.36. The summed E-state index contributed by atoms with van der Waals surface area (Å²) < 4.78 is 1.64. The van der Waals surface area contributed by atoms with E-state index in [0.29, 0.717) is 5.92 Å². The molecular formula is C18H21NO. The molecule has 0 N–H and O–H groups in total. The Labute approximate surface area is 119 Å². The van der Waals surface area contributed by atoms with E-state index in [4.69, 9.17) is 0 Å². The fourth-order valence-corrected chi connectivity index (χ4v) is 3.23. The number of nitrogens with zero attached hydrogens (tertiary/aromatic N) is 1. The molecule has 2 aromatic rings. The first-order valence-electron chi connectivity index (χ1n) is 7.42. The van der Waals surface area contributed by atoms with Crippen LogP contribution in [0, 0.1) is 0 Å². The summed E-state index contributed by atoms with van der Waals surface area (Å²) in [5.41, 5.74) is 3.07. The third-order valence-corrected chi connectivity index (χ3v) is 4.61. The molecule has 1 saturated carbocycles. The molecule has 2 nitrogen and oxygen atoms in total. The van der Waals surface area contributed by atoms with Crippen LogP contribution in [-0.4, -0.2) is 4.57 Å². The van der Waals surface area contributed by atoms with Crippen molar-refractivity contribution in [1.29, 1.82) is 0 Å². The zero-order chi connectivity index (χ0) is 14.1. The molecule has 1 aliphatic rings. The number of aromatic nitrogens is 1. The standard InChI is InChI=1S/C18H21NO/c1-3-13-4-6-14(7-5-13)15-8-9-17-16(12-15)10-11-19(2)18(17)20/h3,8-12,14H,4-7H2,1-2H3. The summed E-state index contributed by atoms with van der Waals surface area (Å²) in [6, 6.07) is 8.40. The van der Waals surface area contributed by atoms with Crippen molar-refractivity contribution in [1.82, 2.24) is 4.57 Å². The lowest BCUT2D eigenvalue weighted by molar-refractivity contribution is 0.516. The second-order valence-corrected chi connectivity index (χ2v) is 5.80. The van der Waals surface area contributed by atoms with E-state index in [1.807, 2.05) is 18.3 Å². The number of fused-ring (bicyclic) bond motifs is 1. The first-order valence-corrected chi connectivity index (χ1v) is 7.42. The van der Waals surface area contributed by atoms with Crippen LogP contribution in [0.25, 0.3) is 10.8 Å². The average Bonchev–Trinajstić information content (AvgIpc) is 2.51. The molecule has 104 valence electrons. The molecule has 1 aromatic heterocycles. The molecule has 0 radical (unpaired) electrons. The van der Waals surface area contributed by atoms with Gasteiger partial charge in [-0.15, -0.1) is 0 Å². The molecule has 0 aliphatic heterocycles. The maximum atomic E-state index is 12.1.